The van der Waals surface area contributed by atoms with Crippen LogP contribution in [0.5, 0.6) is 11.5 Å². The minimum atomic E-state index is -0.554. The number of amides is 1. The standard InChI is InChI=1S/C20H25NO3/c1-5-23-18-8-6-7-17(12-18)13-21-20(22)16(4)24-19-10-14(2)9-15(3)11-19/h6-12,16H,5,13H2,1-4H3,(H,21,22)/t16-/m1/s1. The highest BCUT2D eigenvalue weighted by Gasteiger charge is 2.14. The topological polar surface area (TPSA) is 47.6 Å². The van der Waals surface area contributed by atoms with Crippen molar-refractivity contribution >= 4 is 5.91 Å². The van der Waals surface area contributed by atoms with E-state index >= 15 is 0 Å². The van der Waals surface area contributed by atoms with E-state index in [1.807, 2.05) is 57.2 Å². The van der Waals surface area contributed by atoms with Crippen LogP contribution in [0.1, 0.15) is 30.5 Å². The first kappa shape index (κ1) is 17.9. The molecule has 0 bridgehead atoms. The molecular weight excluding hydrogens is 302 g/mol. The zero-order chi connectivity index (χ0) is 17.5. The highest BCUT2D eigenvalue weighted by Crippen LogP contribution is 2.18. The van der Waals surface area contributed by atoms with Gasteiger partial charge >= 0.3 is 0 Å². The van der Waals surface area contributed by atoms with E-state index in [9.17, 15) is 4.79 Å². The van der Waals surface area contributed by atoms with E-state index < -0.39 is 6.10 Å². The Bertz CT molecular complexity index is 677. The van der Waals surface area contributed by atoms with Gasteiger partial charge in [-0.2, -0.15) is 0 Å². The van der Waals surface area contributed by atoms with Crippen LogP contribution in [-0.4, -0.2) is 18.6 Å². The number of rotatable bonds is 7. The molecule has 4 heteroatoms. The molecule has 1 N–H and O–H groups in total. The van der Waals surface area contributed by atoms with Crippen molar-refractivity contribution in [1.82, 2.24) is 5.32 Å². The third kappa shape index (κ3) is 5.30. The lowest BCUT2D eigenvalue weighted by Crippen LogP contribution is -2.35. The van der Waals surface area contributed by atoms with Crippen LogP contribution in [0.15, 0.2) is 42.5 Å². The van der Waals surface area contributed by atoms with Gasteiger partial charge in [-0.3, -0.25) is 4.79 Å². The van der Waals surface area contributed by atoms with Crippen molar-refractivity contribution in [2.45, 2.75) is 40.3 Å². The quantitative estimate of drug-likeness (QED) is 0.842. The maximum atomic E-state index is 12.2. The summed E-state index contributed by atoms with van der Waals surface area (Å²) in [5, 5.41) is 2.90. The highest BCUT2D eigenvalue weighted by atomic mass is 16.5. The third-order valence-electron chi connectivity index (χ3n) is 3.55. The highest BCUT2D eigenvalue weighted by molar-refractivity contribution is 5.80. The molecule has 2 aromatic rings. The average Bonchev–Trinajstić information content (AvgIpc) is 2.52. The third-order valence-corrected chi connectivity index (χ3v) is 3.55. The lowest BCUT2D eigenvalue weighted by atomic mass is 10.1. The van der Waals surface area contributed by atoms with Gasteiger partial charge in [-0.05, 0) is 68.7 Å². The van der Waals surface area contributed by atoms with E-state index in [-0.39, 0.29) is 5.91 Å². The number of ether oxygens (including phenoxy) is 2. The van der Waals surface area contributed by atoms with Crippen LogP contribution in [0, 0.1) is 13.8 Å². The van der Waals surface area contributed by atoms with Crippen LogP contribution in [0.2, 0.25) is 0 Å². The van der Waals surface area contributed by atoms with Crippen molar-refractivity contribution in [3.63, 3.8) is 0 Å². The summed E-state index contributed by atoms with van der Waals surface area (Å²) in [5.41, 5.74) is 3.23. The predicted octanol–water partition coefficient (Wildman–Crippen LogP) is 3.79. The van der Waals surface area contributed by atoms with Crippen LogP contribution in [-0.2, 0) is 11.3 Å². The Morgan fingerprint density at radius 3 is 2.46 bits per heavy atom. The number of carbonyl (C=O) groups is 1. The molecule has 0 unspecified atom stereocenters. The van der Waals surface area contributed by atoms with E-state index in [4.69, 9.17) is 9.47 Å². The number of nitrogens with one attached hydrogen (secondary N) is 1. The SMILES string of the molecule is CCOc1cccc(CNC(=O)[C@@H](C)Oc2cc(C)cc(C)c2)c1. The molecule has 128 valence electrons. The van der Waals surface area contributed by atoms with Gasteiger partial charge in [0.05, 0.1) is 6.61 Å². The summed E-state index contributed by atoms with van der Waals surface area (Å²) in [7, 11) is 0. The number of hydrogen-bond acceptors (Lipinski definition) is 3. The Hall–Kier alpha value is -2.49. The van der Waals surface area contributed by atoms with E-state index in [0.717, 1.165) is 22.4 Å². The molecule has 4 nitrogen and oxygen atoms in total. The molecule has 1 atom stereocenters. The number of hydrogen-bond donors (Lipinski definition) is 1. The Balaban J connectivity index is 1.90. The number of aryl methyl sites for hydroxylation is 2. The molecular formula is C20H25NO3. The molecule has 2 rings (SSSR count). The van der Waals surface area contributed by atoms with Gasteiger partial charge in [0.25, 0.3) is 5.91 Å². The maximum Gasteiger partial charge on any atom is 0.261 e. The molecule has 0 spiro atoms. The Labute approximate surface area is 143 Å². The molecule has 0 aromatic heterocycles. The van der Waals surface area contributed by atoms with Gasteiger partial charge in [0, 0.05) is 6.54 Å². The first-order valence-electron chi connectivity index (χ1n) is 8.22. The molecule has 0 aliphatic carbocycles. The minimum Gasteiger partial charge on any atom is -0.494 e. The van der Waals surface area contributed by atoms with Gasteiger partial charge < -0.3 is 14.8 Å². The average molecular weight is 327 g/mol. The summed E-state index contributed by atoms with van der Waals surface area (Å²) < 4.78 is 11.2. The van der Waals surface area contributed by atoms with Gasteiger partial charge in [0.15, 0.2) is 6.10 Å². The van der Waals surface area contributed by atoms with Crippen molar-refractivity contribution in [2.75, 3.05) is 6.61 Å². The molecule has 0 fully saturated rings. The Kier molecular flexibility index (Phi) is 6.24. The van der Waals surface area contributed by atoms with Gasteiger partial charge in [0.1, 0.15) is 11.5 Å². The van der Waals surface area contributed by atoms with Gasteiger partial charge in [-0.25, -0.2) is 0 Å². The fraction of sp³-hybridized carbons (Fsp3) is 0.350. The normalized spacial score (nSPS) is 11.7. The van der Waals surface area contributed by atoms with Crippen molar-refractivity contribution in [1.29, 1.82) is 0 Å². The molecule has 0 heterocycles. The molecule has 2 aromatic carbocycles. The van der Waals surface area contributed by atoms with Crippen LogP contribution in [0.3, 0.4) is 0 Å². The first-order valence-corrected chi connectivity index (χ1v) is 8.22. The molecule has 24 heavy (non-hydrogen) atoms. The molecule has 0 radical (unpaired) electrons. The van der Waals surface area contributed by atoms with Crippen LogP contribution in [0.25, 0.3) is 0 Å². The van der Waals surface area contributed by atoms with E-state index in [1.54, 1.807) is 6.92 Å². The fourth-order valence-electron chi connectivity index (χ4n) is 2.50. The fourth-order valence-corrected chi connectivity index (χ4v) is 2.50. The van der Waals surface area contributed by atoms with E-state index in [0.29, 0.717) is 18.9 Å². The Morgan fingerprint density at radius 2 is 1.79 bits per heavy atom. The summed E-state index contributed by atoms with van der Waals surface area (Å²) in [4.78, 5) is 12.2. The molecule has 0 saturated carbocycles. The van der Waals surface area contributed by atoms with E-state index in [1.165, 1.54) is 0 Å². The number of carbonyl (C=O) groups excluding carboxylic acids is 1. The van der Waals surface area contributed by atoms with Crippen LogP contribution < -0.4 is 14.8 Å². The van der Waals surface area contributed by atoms with Crippen molar-refractivity contribution in [2.24, 2.45) is 0 Å². The van der Waals surface area contributed by atoms with Crippen LogP contribution in [0.4, 0.5) is 0 Å². The summed E-state index contributed by atoms with van der Waals surface area (Å²) in [6.07, 6.45) is -0.554. The second-order valence-corrected chi connectivity index (χ2v) is 5.88. The predicted molar refractivity (Wildman–Crippen MR) is 95.5 cm³/mol. The van der Waals surface area contributed by atoms with Crippen molar-refractivity contribution in [3.8, 4) is 11.5 Å². The lowest BCUT2D eigenvalue weighted by molar-refractivity contribution is -0.127. The largest absolute Gasteiger partial charge is 0.494 e. The molecule has 1 amide bonds. The monoisotopic (exact) mass is 327 g/mol. The van der Waals surface area contributed by atoms with E-state index in [2.05, 4.69) is 11.4 Å². The summed E-state index contributed by atoms with van der Waals surface area (Å²) in [6.45, 7) is 8.78. The summed E-state index contributed by atoms with van der Waals surface area (Å²) in [6, 6.07) is 13.6. The zero-order valence-corrected chi connectivity index (χ0v) is 14.8. The smallest absolute Gasteiger partial charge is 0.261 e. The van der Waals surface area contributed by atoms with Gasteiger partial charge in [-0.1, -0.05) is 18.2 Å². The van der Waals surface area contributed by atoms with Crippen molar-refractivity contribution in [3.05, 3.63) is 59.2 Å². The molecule has 0 aliphatic heterocycles. The Morgan fingerprint density at radius 1 is 1.08 bits per heavy atom. The van der Waals surface area contributed by atoms with Gasteiger partial charge in [0.2, 0.25) is 0 Å². The molecule has 0 saturated heterocycles. The second kappa shape index (κ2) is 8.39. The van der Waals surface area contributed by atoms with Gasteiger partial charge in [-0.15, -0.1) is 0 Å². The minimum absolute atomic E-state index is 0.143. The van der Waals surface area contributed by atoms with Crippen molar-refractivity contribution < 1.29 is 14.3 Å². The summed E-state index contributed by atoms with van der Waals surface area (Å²) in [5.74, 6) is 1.38. The maximum absolute atomic E-state index is 12.2. The summed E-state index contributed by atoms with van der Waals surface area (Å²) >= 11 is 0. The van der Waals surface area contributed by atoms with Crippen LogP contribution >= 0.6 is 0 Å². The second-order valence-electron chi connectivity index (χ2n) is 5.88. The molecule has 0 aliphatic rings. The number of benzene rings is 2. The first-order chi connectivity index (χ1) is 11.5. The lowest BCUT2D eigenvalue weighted by Gasteiger charge is -2.16. The zero-order valence-electron chi connectivity index (χ0n) is 14.8.